The van der Waals surface area contributed by atoms with E-state index in [-0.39, 0.29) is 30.2 Å². The van der Waals surface area contributed by atoms with Gasteiger partial charge in [0.1, 0.15) is 11.6 Å². The number of carboxylic acids is 1. The Labute approximate surface area is 96.1 Å². The molecule has 0 bridgehead atoms. The number of H-pyrrole nitrogens is 1. The number of carbonyl (C=O) groups excluding carboxylic acids is 1. The van der Waals surface area contributed by atoms with Crippen molar-refractivity contribution in [2.45, 2.75) is 13.3 Å². The third-order valence-corrected chi connectivity index (χ3v) is 2.60. The van der Waals surface area contributed by atoms with Crippen molar-refractivity contribution in [1.29, 1.82) is 0 Å². The molecule has 2 heterocycles. The molecule has 0 radical (unpaired) electrons. The predicted molar refractivity (Wildman–Crippen MR) is 57.7 cm³/mol. The first-order valence-electron chi connectivity index (χ1n) is 5.08. The molecule has 0 aliphatic carbocycles. The maximum absolute atomic E-state index is 11.6. The second-order valence-electron chi connectivity index (χ2n) is 3.93. The van der Waals surface area contributed by atoms with Gasteiger partial charge in [0.2, 0.25) is 5.91 Å². The average molecular weight is 237 g/mol. The summed E-state index contributed by atoms with van der Waals surface area (Å²) in [4.78, 5) is 41.4. The molecule has 1 atom stereocenters. The quantitative estimate of drug-likeness (QED) is 0.722. The van der Waals surface area contributed by atoms with Crippen LogP contribution < -0.4 is 10.5 Å². The molecule has 1 aromatic heterocycles. The minimum absolute atomic E-state index is 0.0527. The van der Waals surface area contributed by atoms with E-state index in [0.717, 1.165) is 0 Å². The van der Waals surface area contributed by atoms with Crippen LogP contribution in [0.1, 0.15) is 12.2 Å². The van der Waals surface area contributed by atoms with Gasteiger partial charge in [-0.1, -0.05) is 0 Å². The lowest BCUT2D eigenvalue weighted by atomic mass is 10.1. The molecule has 1 aromatic rings. The van der Waals surface area contributed by atoms with Gasteiger partial charge in [-0.2, -0.15) is 0 Å². The molecule has 1 unspecified atom stereocenters. The average Bonchev–Trinajstić information content (AvgIpc) is 2.59. The van der Waals surface area contributed by atoms with Gasteiger partial charge < -0.3 is 10.1 Å². The second-order valence-corrected chi connectivity index (χ2v) is 3.93. The molecule has 1 aliphatic rings. The Morgan fingerprint density at radius 1 is 1.59 bits per heavy atom. The molecule has 1 aliphatic heterocycles. The summed E-state index contributed by atoms with van der Waals surface area (Å²) in [6.07, 6.45) is -0.0527. The molecule has 17 heavy (non-hydrogen) atoms. The lowest BCUT2D eigenvalue weighted by Crippen LogP contribution is -2.28. The number of nitrogens with one attached hydrogen (secondary N) is 1. The van der Waals surface area contributed by atoms with Crippen molar-refractivity contribution in [1.82, 2.24) is 9.97 Å². The van der Waals surface area contributed by atoms with Gasteiger partial charge >= 0.3 is 5.97 Å². The van der Waals surface area contributed by atoms with Crippen LogP contribution >= 0.6 is 0 Å². The zero-order chi connectivity index (χ0) is 12.6. The summed E-state index contributed by atoms with van der Waals surface area (Å²) < 4.78 is 0. The molecule has 0 aromatic carbocycles. The zero-order valence-electron chi connectivity index (χ0n) is 9.14. The Morgan fingerprint density at radius 2 is 2.29 bits per heavy atom. The zero-order valence-corrected chi connectivity index (χ0v) is 9.14. The number of aromatic nitrogens is 2. The monoisotopic (exact) mass is 237 g/mol. The van der Waals surface area contributed by atoms with Gasteiger partial charge in [-0.15, -0.1) is 0 Å². The third kappa shape index (κ3) is 2.17. The first-order chi connectivity index (χ1) is 7.97. The van der Waals surface area contributed by atoms with Crippen LogP contribution in [-0.4, -0.2) is 33.5 Å². The maximum atomic E-state index is 11.6. The number of aryl methyl sites for hydroxylation is 1. The van der Waals surface area contributed by atoms with Crippen LogP contribution in [-0.2, 0) is 9.59 Å². The van der Waals surface area contributed by atoms with E-state index in [1.165, 1.54) is 11.0 Å². The largest absolute Gasteiger partial charge is 0.481 e. The molecule has 1 amide bonds. The molecular formula is C10H11N3O4. The van der Waals surface area contributed by atoms with Gasteiger partial charge in [-0.3, -0.25) is 19.3 Å². The predicted octanol–water partition coefficient (Wildman–Crippen LogP) is -0.484. The maximum Gasteiger partial charge on any atom is 0.308 e. The van der Waals surface area contributed by atoms with Crippen LogP contribution in [0.3, 0.4) is 0 Å². The number of aromatic amines is 1. The number of nitrogens with zero attached hydrogens (tertiary/aromatic N) is 2. The van der Waals surface area contributed by atoms with Crippen molar-refractivity contribution < 1.29 is 14.7 Å². The summed E-state index contributed by atoms with van der Waals surface area (Å²) in [5.74, 6) is -1.47. The number of hydrogen-bond donors (Lipinski definition) is 2. The highest BCUT2D eigenvalue weighted by Gasteiger charge is 2.35. The number of rotatable bonds is 2. The van der Waals surface area contributed by atoms with Crippen LogP contribution in [0.4, 0.5) is 5.82 Å². The minimum atomic E-state index is -1.01. The number of hydrogen-bond acceptors (Lipinski definition) is 4. The van der Waals surface area contributed by atoms with E-state index >= 15 is 0 Å². The van der Waals surface area contributed by atoms with Crippen LogP contribution in [0, 0.1) is 12.8 Å². The normalized spacial score (nSPS) is 19.7. The highest BCUT2D eigenvalue weighted by molar-refractivity contribution is 5.98. The van der Waals surface area contributed by atoms with Gasteiger partial charge in [0.25, 0.3) is 5.56 Å². The third-order valence-electron chi connectivity index (χ3n) is 2.60. The van der Waals surface area contributed by atoms with Crippen LogP contribution in [0.2, 0.25) is 0 Å². The van der Waals surface area contributed by atoms with Crippen molar-refractivity contribution in [3.63, 3.8) is 0 Å². The molecule has 7 nitrogen and oxygen atoms in total. The standard InChI is InChI=1S/C10H11N3O4/c1-5-11-7(3-8(14)12-5)13-4-6(10(16)17)2-9(13)15/h3,6H,2,4H2,1H3,(H,16,17)(H,11,12,14). The number of anilines is 1. The Bertz CT molecular complexity index is 537. The van der Waals surface area contributed by atoms with Crippen LogP contribution in [0.25, 0.3) is 0 Å². The molecule has 90 valence electrons. The van der Waals surface area contributed by atoms with Crippen LogP contribution in [0.15, 0.2) is 10.9 Å². The molecule has 1 fully saturated rings. The molecule has 7 heteroatoms. The Balaban J connectivity index is 2.32. The lowest BCUT2D eigenvalue weighted by Gasteiger charge is -2.14. The Hall–Kier alpha value is -2.18. The fourth-order valence-electron chi connectivity index (χ4n) is 1.80. The molecule has 1 saturated heterocycles. The number of amides is 1. The molecule has 2 N–H and O–H groups in total. The first kappa shape index (κ1) is 11.3. The van der Waals surface area contributed by atoms with E-state index in [2.05, 4.69) is 9.97 Å². The van der Waals surface area contributed by atoms with E-state index in [4.69, 9.17) is 5.11 Å². The van der Waals surface area contributed by atoms with Crippen LogP contribution in [0.5, 0.6) is 0 Å². The molecule has 0 saturated carbocycles. The van der Waals surface area contributed by atoms with E-state index in [0.29, 0.717) is 5.82 Å². The number of carbonyl (C=O) groups is 2. The highest BCUT2D eigenvalue weighted by atomic mass is 16.4. The summed E-state index contributed by atoms with van der Waals surface area (Å²) >= 11 is 0. The van der Waals surface area contributed by atoms with Gasteiger partial charge in [-0.25, -0.2) is 4.98 Å². The fourth-order valence-corrected chi connectivity index (χ4v) is 1.80. The lowest BCUT2D eigenvalue weighted by molar-refractivity contribution is -0.141. The summed E-state index contributed by atoms with van der Waals surface area (Å²) in [5, 5.41) is 8.84. The van der Waals surface area contributed by atoms with Crippen molar-refractivity contribution >= 4 is 17.7 Å². The highest BCUT2D eigenvalue weighted by Crippen LogP contribution is 2.22. The summed E-state index contributed by atoms with van der Waals surface area (Å²) in [6, 6.07) is 1.19. The van der Waals surface area contributed by atoms with Gasteiger partial charge in [0.05, 0.1) is 5.92 Å². The number of carboxylic acid groups (broad SMARTS) is 1. The molecular weight excluding hydrogens is 226 g/mol. The van der Waals surface area contributed by atoms with Gasteiger partial charge in [0, 0.05) is 19.0 Å². The van der Waals surface area contributed by atoms with Crippen molar-refractivity contribution in [3.05, 3.63) is 22.2 Å². The Kier molecular flexibility index (Phi) is 2.66. The number of aliphatic carboxylic acids is 1. The summed E-state index contributed by atoms with van der Waals surface area (Å²) in [5.41, 5.74) is -0.362. The van der Waals surface area contributed by atoms with E-state index < -0.39 is 11.9 Å². The van der Waals surface area contributed by atoms with Gasteiger partial charge in [-0.05, 0) is 6.92 Å². The first-order valence-corrected chi connectivity index (χ1v) is 5.08. The smallest absolute Gasteiger partial charge is 0.308 e. The van der Waals surface area contributed by atoms with Crippen molar-refractivity contribution in [3.8, 4) is 0 Å². The Morgan fingerprint density at radius 3 is 2.82 bits per heavy atom. The minimum Gasteiger partial charge on any atom is -0.481 e. The van der Waals surface area contributed by atoms with E-state index in [1.807, 2.05) is 0 Å². The molecule has 2 rings (SSSR count). The van der Waals surface area contributed by atoms with Crippen molar-refractivity contribution in [2.75, 3.05) is 11.4 Å². The second kappa shape index (κ2) is 4.00. The van der Waals surface area contributed by atoms with Crippen molar-refractivity contribution in [2.24, 2.45) is 5.92 Å². The van der Waals surface area contributed by atoms with E-state index in [1.54, 1.807) is 6.92 Å². The van der Waals surface area contributed by atoms with Gasteiger partial charge in [0.15, 0.2) is 0 Å². The SMILES string of the molecule is Cc1nc(N2CC(C(=O)O)CC2=O)cc(=O)[nH]1. The molecule has 0 spiro atoms. The summed E-state index contributed by atoms with van der Waals surface area (Å²) in [7, 11) is 0. The fraction of sp³-hybridized carbons (Fsp3) is 0.400. The summed E-state index contributed by atoms with van der Waals surface area (Å²) in [6.45, 7) is 1.66. The van der Waals surface area contributed by atoms with E-state index in [9.17, 15) is 14.4 Å². The topological polar surface area (TPSA) is 103 Å².